The highest BCUT2D eigenvalue weighted by Gasteiger charge is 2.20. The van der Waals surface area contributed by atoms with Crippen molar-refractivity contribution < 1.29 is 8.83 Å². The van der Waals surface area contributed by atoms with Crippen molar-refractivity contribution in [2.24, 2.45) is 0 Å². The lowest BCUT2D eigenvalue weighted by Gasteiger charge is -2.27. The van der Waals surface area contributed by atoms with Crippen LogP contribution in [0.1, 0.15) is 22.3 Å². The fourth-order valence-corrected chi connectivity index (χ4v) is 8.74. The van der Waals surface area contributed by atoms with Crippen molar-refractivity contribution in [2.45, 2.75) is 27.7 Å². The number of para-hydroxylation sites is 2. The summed E-state index contributed by atoms with van der Waals surface area (Å²) in [6.07, 6.45) is 0. The molecular formula is C54H40N2O2. The van der Waals surface area contributed by atoms with Crippen molar-refractivity contribution in [1.29, 1.82) is 0 Å². The highest BCUT2D eigenvalue weighted by Crippen LogP contribution is 2.44. The van der Waals surface area contributed by atoms with Gasteiger partial charge in [-0.2, -0.15) is 0 Å². The van der Waals surface area contributed by atoms with E-state index in [-0.39, 0.29) is 0 Å². The molecule has 0 N–H and O–H groups in total. The Labute approximate surface area is 336 Å². The molecule has 4 nitrogen and oxygen atoms in total. The molecule has 11 rings (SSSR count). The van der Waals surface area contributed by atoms with Gasteiger partial charge in [-0.3, -0.25) is 0 Å². The molecule has 0 amide bonds. The summed E-state index contributed by atoms with van der Waals surface area (Å²) in [5.74, 6) is 0. The van der Waals surface area contributed by atoms with Crippen LogP contribution in [0.25, 0.3) is 65.4 Å². The van der Waals surface area contributed by atoms with Crippen molar-refractivity contribution >= 4 is 99.5 Å². The molecule has 2 heterocycles. The van der Waals surface area contributed by atoms with E-state index in [1.807, 2.05) is 0 Å². The summed E-state index contributed by atoms with van der Waals surface area (Å²) in [4.78, 5) is 4.69. The fourth-order valence-electron chi connectivity index (χ4n) is 8.74. The zero-order valence-electron chi connectivity index (χ0n) is 32.9. The number of rotatable bonds is 6. The molecule has 0 aliphatic heterocycles. The van der Waals surface area contributed by atoms with Gasteiger partial charge in [-0.25, -0.2) is 0 Å². The van der Waals surface area contributed by atoms with E-state index < -0.39 is 0 Å². The summed E-state index contributed by atoms with van der Waals surface area (Å²) in [6, 6.07) is 61.1. The Morgan fingerprint density at radius 3 is 1.19 bits per heavy atom. The van der Waals surface area contributed by atoms with Gasteiger partial charge in [0.05, 0.1) is 0 Å². The first-order valence-electron chi connectivity index (χ1n) is 19.9. The number of hydrogen-bond donors (Lipinski definition) is 0. The molecule has 11 aromatic rings. The van der Waals surface area contributed by atoms with Crippen molar-refractivity contribution in [2.75, 3.05) is 9.80 Å². The molecule has 0 fully saturated rings. The monoisotopic (exact) mass is 748 g/mol. The molecule has 0 bridgehead atoms. The SMILES string of the molecule is Cc1ccc(C)c(N(c2ccccc2)c2ccc3cc4c(cc3c2)oc2c4ccc3c4cc5ccc(N(c6ccccc6)c6cc(C)ccc6C)cc5cc4oc32)c1. The van der Waals surface area contributed by atoms with Crippen LogP contribution in [0.5, 0.6) is 0 Å². The van der Waals surface area contributed by atoms with Crippen molar-refractivity contribution in [3.8, 4) is 0 Å². The van der Waals surface area contributed by atoms with Crippen LogP contribution in [-0.2, 0) is 0 Å². The molecule has 9 aromatic carbocycles. The third-order valence-corrected chi connectivity index (χ3v) is 11.7. The minimum absolute atomic E-state index is 0.774. The summed E-state index contributed by atoms with van der Waals surface area (Å²) in [5.41, 5.74) is 14.9. The largest absolute Gasteiger partial charge is 0.452 e. The Morgan fingerprint density at radius 2 is 0.759 bits per heavy atom. The summed E-state index contributed by atoms with van der Waals surface area (Å²) in [6.45, 7) is 8.65. The topological polar surface area (TPSA) is 32.8 Å². The third kappa shape index (κ3) is 5.52. The molecule has 0 saturated heterocycles. The van der Waals surface area contributed by atoms with Gasteiger partial charge >= 0.3 is 0 Å². The standard InChI is InChI=1S/C54H40N2O2/c1-33-15-17-35(3)49(25-33)55(41-11-7-5-8-12-41)43-21-19-37-29-47-45-23-24-46-48-30-38-20-22-44(56(42-13-9-6-10-14-42)50-26-34(2)16-18-36(50)4)28-40(38)32-52(48)58-54(46)53(45)57-51(47)31-39(37)27-43/h5-32H,1-4H3. The lowest BCUT2D eigenvalue weighted by atomic mass is 10.0. The van der Waals surface area contributed by atoms with Crippen LogP contribution in [0.2, 0.25) is 0 Å². The third-order valence-electron chi connectivity index (χ3n) is 11.7. The number of fused-ring (bicyclic) bond motifs is 9. The Bertz CT molecular complexity index is 3170. The quantitative estimate of drug-likeness (QED) is 0.170. The van der Waals surface area contributed by atoms with Crippen molar-refractivity contribution in [3.05, 3.63) is 192 Å². The van der Waals surface area contributed by atoms with E-state index >= 15 is 0 Å². The summed E-state index contributed by atoms with van der Waals surface area (Å²) >= 11 is 0. The number of nitrogens with zero attached hydrogens (tertiary/aromatic N) is 2. The highest BCUT2D eigenvalue weighted by molar-refractivity contribution is 6.21. The molecule has 0 aliphatic carbocycles. The Morgan fingerprint density at radius 1 is 0.328 bits per heavy atom. The molecule has 58 heavy (non-hydrogen) atoms. The van der Waals surface area contributed by atoms with Gasteiger partial charge in [-0.1, -0.05) is 72.8 Å². The first-order chi connectivity index (χ1) is 28.4. The zero-order valence-corrected chi connectivity index (χ0v) is 32.9. The molecule has 2 aromatic heterocycles. The van der Waals surface area contributed by atoms with Crippen molar-refractivity contribution in [3.63, 3.8) is 0 Å². The second-order valence-electron chi connectivity index (χ2n) is 15.7. The van der Waals surface area contributed by atoms with Gasteiger partial charge in [0.2, 0.25) is 0 Å². The van der Waals surface area contributed by atoms with Crippen LogP contribution in [0, 0.1) is 27.7 Å². The molecule has 0 spiro atoms. The van der Waals surface area contributed by atoms with Gasteiger partial charge in [0, 0.05) is 55.7 Å². The number of hydrogen-bond acceptors (Lipinski definition) is 4. The van der Waals surface area contributed by atoms with Gasteiger partial charge in [0.15, 0.2) is 11.2 Å². The predicted molar refractivity (Wildman–Crippen MR) is 244 cm³/mol. The minimum atomic E-state index is 0.774. The van der Waals surface area contributed by atoms with Gasteiger partial charge in [-0.15, -0.1) is 0 Å². The average Bonchev–Trinajstić information content (AvgIpc) is 3.80. The van der Waals surface area contributed by atoms with Crippen molar-refractivity contribution in [1.82, 2.24) is 0 Å². The van der Waals surface area contributed by atoms with E-state index in [0.29, 0.717) is 0 Å². The van der Waals surface area contributed by atoms with E-state index in [2.05, 4.69) is 207 Å². The van der Waals surface area contributed by atoms with Crippen LogP contribution in [0.4, 0.5) is 34.1 Å². The van der Waals surface area contributed by atoms with Gasteiger partial charge in [-0.05, 0) is 169 Å². The Balaban J connectivity index is 1.04. The van der Waals surface area contributed by atoms with Gasteiger partial charge < -0.3 is 18.6 Å². The molecule has 0 atom stereocenters. The molecule has 0 unspecified atom stereocenters. The lowest BCUT2D eigenvalue weighted by molar-refractivity contribution is 0.634. The van der Waals surface area contributed by atoms with Crippen LogP contribution in [0.15, 0.2) is 179 Å². The number of aryl methyl sites for hydroxylation is 4. The number of benzene rings is 9. The zero-order chi connectivity index (χ0) is 39.1. The van der Waals surface area contributed by atoms with Crippen LogP contribution in [0.3, 0.4) is 0 Å². The Kier molecular flexibility index (Phi) is 7.70. The molecular weight excluding hydrogens is 709 g/mol. The van der Waals surface area contributed by atoms with E-state index in [1.54, 1.807) is 0 Å². The highest BCUT2D eigenvalue weighted by atomic mass is 16.4. The van der Waals surface area contributed by atoms with E-state index in [4.69, 9.17) is 8.83 Å². The van der Waals surface area contributed by atoms with Gasteiger partial charge in [0.1, 0.15) is 11.2 Å². The van der Waals surface area contributed by atoms with Crippen LogP contribution < -0.4 is 9.80 Å². The van der Waals surface area contributed by atoms with E-state index in [1.165, 1.54) is 33.6 Å². The van der Waals surface area contributed by atoms with E-state index in [0.717, 1.165) is 88.2 Å². The Hall–Kier alpha value is -7.30. The molecule has 4 heteroatoms. The second-order valence-corrected chi connectivity index (χ2v) is 15.7. The van der Waals surface area contributed by atoms with Crippen LogP contribution in [-0.4, -0.2) is 0 Å². The first-order valence-corrected chi connectivity index (χ1v) is 19.9. The maximum Gasteiger partial charge on any atom is 0.178 e. The maximum atomic E-state index is 6.76. The summed E-state index contributed by atoms with van der Waals surface area (Å²) in [5, 5.41) is 8.80. The molecule has 278 valence electrons. The molecule has 0 radical (unpaired) electrons. The first kappa shape index (κ1) is 34.0. The maximum absolute atomic E-state index is 6.76. The minimum Gasteiger partial charge on any atom is -0.452 e. The normalized spacial score (nSPS) is 11.8. The summed E-state index contributed by atoms with van der Waals surface area (Å²) < 4.78 is 13.5. The second kappa shape index (κ2) is 13.1. The molecule has 0 saturated carbocycles. The lowest BCUT2D eigenvalue weighted by Crippen LogP contribution is -2.11. The summed E-state index contributed by atoms with van der Waals surface area (Å²) in [7, 11) is 0. The van der Waals surface area contributed by atoms with E-state index in [9.17, 15) is 0 Å². The average molecular weight is 749 g/mol. The predicted octanol–water partition coefficient (Wildman–Crippen LogP) is 16.0. The fraction of sp³-hybridized carbons (Fsp3) is 0.0741. The molecule has 0 aliphatic rings. The number of anilines is 6. The number of furan rings is 2. The van der Waals surface area contributed by atoms with Crippen LogP contribution >= 0.6 is 0 Å². The van der Waals surface area contributed by atoms with Gasteiger partial charge in [0.25, 0.3) is 0 Å². The smallest absolute Gasteiger partial charge is 0.178 e.